The van der Waals surface area contributed by atoms with Gasteiger partial charge in [-0.15, -0.1) is 0 Å². The zero-order valence-corrected chi connectivity index (χ0v) is 11.8. The van der Waals surface area contributed by atoms with E-state index in [0.717, 1.165) is 45.4 Å². The minimum absolute atomic E-state index is 0.0294. The zero-order chi connectivity index (χ0) is 13.2. The number of likely N-dealkylation sites (tertiary alicyclic amines) is 2. The Morgan fingerprint density at radius 1 is 1.17 bits per heavy atom. The van der Waals surface area contributed by atoms with Crippen LogP contribution in [0.15, 0.2) is 0 Å². The number of amides is 1. The van der Waals surface area contributed by atoms with Gasteiger partial charge in [-0.1, -0.05) is 5.92 Å². The molecule has 1 unspecified atom stereocenters. The molecule has 18 heavy (non-hydrogen) atoms. The van der Waals surface area contributed by atoms with Crippen molar-refractivity contribution < 1.29 is 4.79 Å². The molecule has 3 nitrogen and oxygen atoms in total. The summed E-state index contributed by atoms with van der Waals surface area (Å²) in [5.74, 6) is 6.43. The fourth-order valence-corrected chi connectivity index (χ4v) is 2.65. The highest BCUT2D eigenvalue weighted by Crippen LogP contribution is 2.23. The van der Waals surface area contributed by atoms with Gasteiger partial charge in [0, 0.05) is 31.1 Å². The van der Waals surface area contributed by atoms with Crippen LogP contribution in [0.4, 0.5) is 0 Å². The Hall–Kier alpha value is -1.01. The molecule has 1 atom stereocenters. The standard InChI is InChI=1S/C15H24N2O/c1-15(2,3)17-11-8-13(12-17)6-7-14(18)16-9-4-5-10-16/h13H,4-5,8-12H2,1-3H3. The third kappa shape index (κ3) is 3.26. The first-order valence-electron chi connectivity index (χ1n) is 7.02. The molecule has 0 spiro atoms. The minimum atomic E-state index is 0.0294. The van der Waals surface area contributed by atoms with Gasteiger partial charge in [0.1, 0.15) is 0 Å². The predicted molar refractivity (Wildman–Crippen MR) is 73.0 cm³/mol. The Morgan fingerprint density at radius 3 is 2.39 bits per heavy atom. The van der Waals surface area contributed by atoms with E-state index >= 15 is 0 Å². The van der Waals surface area contributed by atoms with Gasteiger partial charge in [-0.3, -0.25) is 9.69 Å². The summed E-state index contributed by atoms with van der Waals surface area (Å²) in [4.78, 5) is 16.1. The monoisotopic (exact) mass is 248 g/mol. The van der Waals surface area contributed by atoms with E-state index in [1.165, 1.54) is 0 Å². The topological polar surface area (TPSA) is 23.6 Å². The quantitative estimate of drug-likeness (QED) is 0.610. The van der Waals surface area contributed by atoms with Crippen molar-refractivity contribution in [1.29, 1.82) is 0 Å². The van der Waals surface area contributed by atoms with Crippen LogP contribution < -0.4 is 0 Å². The highest BCUT2D eigenvalue weighted by atomic mass is 16.2. The molecule has 2 heterocycles. The molecule has 0 aliphatic carbocycles. The predicted octanol–water partition coefficient (Wildman–Crippen LogP) is 1.73. The normalized spacial score (nSPS) is 25.1. The van der Waals surface area contributed by atoms with Gasteiger partial charge < -0.3 is 4.90 Å². The molecule has 3 heteroatoms. The Morgan fingerprint density at radius 2 is 1.83 bits per heavy atom. The number of carbonyl (C=O) groups excluding carboxylic acids is 1. The molecule has 0 aromatic rings. The lowest BCUT2D eigenvalue weighted by atomic mass is 10.1. The van der Waals surface area contributed by atoms with E-state index in [1.807, 2.05) is 4.90 Å². The number of nitrogens with zero attached hydrogens (tertiary/aromatic N) is 2. The van der Waals surface area contributed by atoms with E-state index in [9.17, 15) is 4.79 Å². The molecule has 2 aliphatic heterocycles. The van der Waals surface area contributed by atoms with Gasteiger partial charge in [-0.05, 0) is 52.5 Å². The molecule has 0 aromatic carbocycles. The largest absolute Gasteiger partial charge is 0.332 e. The summed E-state index contributed by atoms with van der Waals surface area (Å²) in [7, 11) is 0. The van der Waals surface area contributed by atoms with Crippen molar-refractivity contribution in [1.82, 2.24) is 9.80 Å². The fraction of sp³-hybridized carbons (Fsp3) is 0.800. The Kier molecular flexibility index (Phi) is 3.97. The zero-order valence-electron chi connectivity index (χ0n) is 11.8. The molecule has 1 amide bonds. The maximum absolute atomic E-state index is 11.8. The van der Waals surface area contributed by atoms with E-state index in [2.05, 4.69) is 37.5 Å². The first kappa shape index (κ1) is 13.4. The number of carbonyl (C=O) groups is 1. The first-order chi connectivity index (χ1) is 8.47. The second kappa shape index (κ2) is 5.32. The smallest absolute Gasteiger partial charge is 0.298 e. The van der Waals surface area contributed by atoms with Crippen molar-refractivity contribution in [2.75, 3.05) is 26.2 Å². The Labute approximate surface area is 111 Å². The minimum Gasteiger partial charge on any atom is -0.332 e. The van der Waals surface area contributed by atoms with Crippen LogP contribution in [-0.4, -0.2) is 47.4 Å². The molecule has 0 saturated carbocycles. The maximum Gasteiger partial charge on any atom is 0.298 e. The molecular formula is C15H24N2O. The van der Waals surface area contributed by atoms with Crippen molar-refractivity contribution >= 4 is 5.91 Å². The average Bonchev–Trinajstić information content (AvgIpc) is 2.96. The molecule has 0 radical (unpaired) electrons. The van der Waals surface area contributed by atoms with Crippen LogP contribution in [-0.2, 0) is 4.79 Å². The van der Waals surface area contributed by atoms with Crippen LogP contribution in [0.2, 0.25) is 0 Å². The molecule has 0 aromatic heterocycles. The lowest BCUT2D eigenvalue weighted by molar-refractivity contribution is -0.124. The molecule has 2 aliphatic rings. The van der Waals surface area contributed by atoms with Crippen molar-refractivity contribution in [3.8, 4) is 11.8 Å². The van der Waals surface area contributed by atoms with E-state index in [1.54, 1.807) is 0 Å². The van der Waals surface area contributed by atoms with Crippen molar-refractivity contribution in [2.45, 2.75) is 45.6 Å². The van der Waals surface area contributed by atoms with Gasteiger partial charge in [-0.25, -0.2) is 0 Å². The summed E-state index contributed by atoms with van der Waals surface area (Å²) >= 11 is 0. The SMILES string of the molecule is CC(C)(C)N1CCC(C#CC(=O)N2CCCC2)C1. The summed E-state index contributed by atoms with van der Waals surface area (Å²) in [5, 5.41) is 0. The summed E-state index contributed by atoms with van der Waals surface area (Å²) in [6, 6.07) is 0. The Bertz CT molecular complexity index is 366. The number of hydrogen-bond acceptors (Lipinski definition) is 2. The second-order valence-electron chi connectivity index (χ2n) is 6.37. The first-order valence-corrected chi connectivity index (χ1v) is 7.02. The lowest BCUT2D eigenvalue weighted by Gasteiger charge is -2.31. The highest BCUT2D eigenvalue weighted by molar-refractivity contribution is 5.93. The van der Waals surface area contributed by atoms with Gasteiger partial charge >= 0.3 is 0 Å². The summed E-state index contributed by atoms with van der Waals surface area (Å²) in [5.41, 5.74) is 0.218. The van der Waals surface area contributed by atoms with Crippen LogP contribution in [0.3, 0.4) is 0 Å². The fourth-order valence-electron chi connectivity index (χ4n) is 2.65. The third-order valence-electron chi connectivity index (χ3n) is 3.91. The van der Waals surface area contributed by atoms with Crippen LogP contribution in [0.25, 0.3) is 0 Å². The molecular weight excluding hydrogens is 224 g/mol. The van der Waals surface area contributed by atoms with Crippen molar-refractivity contribution in [3.05, 3.63) is 0 Å². The van der Waals surface area contributed by atoms with E-state index in [-0.39, 0.29) is 11.4 Å². The highest BCUT2D eigenvalue weighted by Gasteiger charge is 2.29. The summed E-state index contributed by atoms with van der Waals surface area (Å²) < 4.78 is 0. The van der Waals surface area contributed by atoms with Gasteiger partial charge in [0.2, 0.25) is 0 Å². The third-order valence-corrected chi connectivity index (χ3v) is 3.91. The van der Waals surface area contributed by atoms with Crippen LogP contribution in [0.1, 0.15) is 40.0 Å². The van der Waals surface area contributed by atoms with E-state index in [0.29, 0.717) is 5.92 Å². The number of hydrogen-bond donors (Lipinski definition) is 0. The maximum atomic E-state index is 11.8. The van der Waals surface area contributed by atoms with Gasteiger partial charge in [0.25, 0.3) is 5.91 Å². The summed E-state index contributed by atoms with van der Waals surface area (Å²) in [6.07, 6.45) is 3.36. The Balaban J connectivity index is 1.86. The van der Waals surface area contributed by atoms with Crippen LogP contribution >= 0.6 is 0 Å². The van der Waals surface area contributed by atoms with Crippen molar-refractivity contribution in [2.24, 2.45) is 5.92 Å². The molecule has 0 bridgehead atoms. The molecule has 2 saturated heterocycles. The van der Waals surface area contributed by atoms with Crippen LogP contribution in [0, 0.1) is 17.8 Å². The molecule has 2 rings (SSSR count). The molecule has 0 N–H and O–H groups in total. The number of rotatable bonds is 0. The molecule has 2 fully saturated rings. The van der Waals surface area contributed by atoms with Crippen LogP contribution in [0.5, 0.6) is 0 Å². The second-order valence-corrected chi connectivity index (χ2v) is 6.37. The summed E-state index contributed by atoms with van der Waals surface area (Å²) in [6.45, 7) is 10.6. The van der Waals surface area contributed by atoms with Gasteiger partial charge in [-0.2, -0.15) is 0 Å². The van der Waals surface area contributed by atoms with Crippen molar-refractivity contribution in [3.63, 3.8) is 0 Å². The average molecular weight is 248 g/mol. The lowest BCUT2D eigenvalue weighted by Crippen LogP contribution is -2.39. The van der Waals surface area contributed by atoms with E-state index < -0.39 is 0 Å². The van der Waals surface area contributed by atoms with Gasteiger partial charge in [0.15, 0.2) is 0 Å². The van der Waals surface area contributed by atoms with E-state index in [4.69, 9.17) is 0 Å². The molecule has 100 valence electrons. The van der Waals surface area contributed by atoms with Gasteiger partial charge in [0.05, 0.1) is 0 Å².